The maximum Gasteiger partial charge on any atom is 0.293 e. The van der Waals surface area contributed by atoms with E-state index >= 15 is 0 Å². The molecule has 2 aromatic rings. The topological polar surface area (TPSA) is 81.2 Å². The lowest BCUT2D eigenvalue weighted by Gasteiger charge is -2.06. The summed E-state index contributed by atoms with van der Waals surface area (Å²) in [5.41, 5.74) is 3.58. The first kappa shape index (κ1) is 14.6. The Labute approximate surface area is 125 Å². The van der Waals surface area contributed by atoms with E-state index in [2.05, 4.69) is 5.43 Å². The van der Waals surface area contributed by atoms with Crippen molar-refractivity contribution in [3.63, 3.8) is 0 Å². The molecule has 0 fully saturated rings. The summed E-state index contributed by atoms with van der Waals surface area (Å²) in [6.07, 6.45) is 0. The highest BCUT2D eigenvalue weighted by molar-refractivity contribution is 7.98. The second kappa shape index (κ2) is 6.60. The van der Waals surface area contributed by atoms with Gasteiger partial charge >= 0.3 is 0 Å². The van der Waals surface area contributed by atoms with Crippen LogP contribution in [0.15, 0.2) is 47.4 Å². The van der Waals surface area contributed by atoms with Crippen LogP contribution in [-0.2, 0) is 5.75 Å². The minimum atomic E-state index is -0.467. The molecule has 104 valence electrons. The first-order valence-corrected chi connectivity index (χ1v) is 7.09. The summed E-state index contributed by atoms with van der Waals surface area (Å²) in [4.78, 5) is 11.4. The number of thioether (sulfide) groups is 1. The van der Waals surface area contributed by atoms with Gasteiger partial charge in [0.05, 0.1) is 4.92 Å². The minimum absolute atomic E-state index is 0.0345. The first-order chi connectivity index (χ1) is 9.60. The molecule has 0 aliphatic carbocycles. The van der Waals surface area contributed by atoms with Crippen LogP contribution in [-0.4, -0.2) is 4.92 Å². The fraction of sp³-hybridized carbons (Fsp3) is 0.0769. The summed E-state index contributed by atoms with van der Waals surface area (Å²) in [6, 6.07) is 12.4. The van der Waals surface area contributed by atoms with Gasteiger partial charge in [-0.1, -0.05) is 17.7 Å². The molecule has 0 radical (unpaired) electrons. The molecule has 0 spiro atoms. The lowest BCUT2D eigenvalue weighted by atomic mass is 10.2. The van der Waals surface area contributed by atoms with Gasteiger partial charge in [-0.15, -0.1) is 11.8 Å². The lowest BCUT2D eigenvalue weighted by molar-refractivity contribution is -0.384. The van der Waals surface area contributed by atoms with Crippen LogP contribution in [0.1, 0.15) is 5.56 Å². The van der Waals surface area contributed by atoms with Crippen LogP contribution in [0.3, 0.4) is 0 Å². The highest BCUT2D eigenvalue weighted by Gasteiger charge is 2.13. The van der Waals surface area contributed by atoms with Gasteiger partial charge in [-0.2, -0.15) is 0 Å². The number of hydrogen-bond donors (Lipinski definition) is 2. The molecule has 0 aliphatic rings. The van der Waals surface area contributed by atoms with Gasteiger partial charge in [0, 0.05) is 21.7 Å². The molecule has 2 aromatic carbocycles. The van der Waals surface area contributed by atoms with Gasteiger partial charge in [-0.05, 0) is 35.9 Å². The molecule has 0 atom stereocenters. The number of nitro groups is 1. The van der Waals surface area contributed by atoms with Crippen LogP contribution >= 0.6 is 23.4 Å². The largest absolute Gasteiger partial charge is 0.318 e. The van der Waals surface area contributed by atoms with Gasteiger partial charge in [-0.25, -0.2) is 0 Å². The summed E-state index contributed by atoms with van der Waals surface area (Å²) in [5.74, 6) is 5.99. The summed E-state index contributed by atoms with van der Waals surface area (Å²) < 4.78 is 0. The molecule has 0 bridgehead atoms. The van der Waals surface area contributed by atoms with Crippen molar-refractivity contribution in [2.75, 3.05) is 5.43 Å². The number of nitro benzene ring substituents is 1. The maximum atomic E-state index is 10.8. The molecule has 3 N–H and O–H groups in total. The minimum Gasteiger partial charge on any atom is -0.318 e. The second-order valence-corrected chi connectivity index (χ2v) is 5.48. The van der Waals surface area contributed by atoms with Gasteiger partial charge in [-0.3, -0.25) is 16.0 Å². The van der Waals surface area contributed by atoms with E-state index in [1.807, 2.05) is 24.3 Å². The number of hydrogen-bond acceptors (Lipinski definition) is 5. The summed E-state index contributed by atoms with van der Waals surface area (Å²) in [7, 11) is 0. The first-order valence-electron chi connectivity index (χ1n) is 5.72. The Hall–Kier alpha value is -1.76. The van der Waals surface area contributed by atoms with E-state index in [0.717, 1.165) is 10.5 Å². The highest BCUT2D eigenvalue weighted by Crippen LogP contribution is 2.29. The van der Waals surface area contributed by atoms with Crippen molar-refractivity contribution >= 4 is 34.7 Å². The Kier molecular flexibility index (Phi) is 4.84. The molecule has 0 heterocycles. The Morgan fingerprint density at radius 1 is 1.25 bits per heavy atom. The van der Waals surface area contributed by atoms with Gasteiger partial charge in [0.25, 0.3) is 5.69 Å². The number of nitrogens with two attached hydrogens (primary N) is 1. The highest BCUT2D eigenvalue weighted by atomic mass is 35.5. The Morgan fingerprint density at radius 3 is 2.55 bits per heavy atom. The maximum absolute atomic E-state index is 10.8. The molecule has 0 unspecified atom stereocenters. The predicted molar refractivity (Wildman–Crippen MR) is 81.9 cm³/mol. The number of nitrogens with zero attached hydrogens (tertiary/aromatic N) is 1. The SMILES string of the molecule is NNc1cc(CSc2ccc(Cl)cc2)ccc1[N+](=O)[O-]. The van der Waals surface area contributed by atoms with Crippen molar-refractivity contribution in [2.24, 2.45) is 5.84 Å². The van der Waals surface area contributed by atoms with Crippen LogP contribution in [0, 0.1) is 10.1 Å². The van der Waals surface area contributed by atoms with Crippen molar-refractivity contribution in [2.45, 2.75) is 10.6 Å². The molecule has 0 amide bonds. The number of nitrogens with one attached hydrogen (secondary N) is 1. The average Bonchev–Trinajstić information content (AvgIpc) is 2.46. The zero-order valence-corrected chi connectivity index (χ0v) is 11.9. The third-order valence-corrected chi connectivity index (χ3v) is 3.97. The van der Waals surface area contributed by atoms with Crippen molar-refractivity contribution in [3.05, 3.63) is 63.2 Å². The Bertz CT molecular complexity index is 620. The smallest absolute Gasteiger partial charge is 0.293 e. The van der Waals surface area contributed by atoms with E-state index in [4.69, 9.17) is 17.4 Å². The number of hydrazine groups is 1. The van der Waals surface area contributed by atoms with Crippen LogP contribution in [0.25, 0.3) is 0 Å². The fourth-order valence-electron chi connectivity index (χ4n) is 1.65. The van der Waals surface area contributed by atoms with E-state index in [1.165, 1.54) is 6.07 Å². The number of benzene rings is 2. The van der Waals surface area contributed by atoms with Gasteiger partial charge < -0.3 is 5.43 Å². The number of halogens is 1. The van der Waals surface area contributed by atoms with Crippen molar-refractivity contribution in [1.29, 1.82) is 0 Å². The second-order valence-electron chi connectivity index (χ2n) is 4.00. The standard InChI is InChI=1S/C13H12ClN3O2S/c14-10-2-4-11(5-3-10)20-8-9-1-6-13(17(18)19)12(7-9)16-15/h1-7,16H,8,15H2. The summed E-state index contributed by atoms with van der Waals surface area (Å²) in [5, 5.41) is 11.5. The Morgan fingerprint density at radius 2 is 1.95 bits per heavy atom. The van der Waals surface area contributed by atoms with Gasteiger partial charge in [0.2, 0.25) is 0 Å². The zero-order chi connectivity index (χ0) is 14.5. The van der Waals surface area contributed by atoms with Crippen molar-refractivity contribution < 1.29 is 4.92 Å². The fourth-order valence-corrected chi connectivity index (χ4v) is 2.61. The quantitative estimate of drug-likeness (QED) is 0.380. The van der Waals surface area contributed by atoms with Crippen LogP contribution in [0.5, 0.6) is 0 Å². The van der Waals surface area contributed by atoms with Crippen LogP contribution < -0.4 is 11.3 Å². The van der Waals surface area contributed by atoms with E-state index < -0.39 is 4.92 Å². The molecule has 0 saturated heterocycles. The number of nitrogen functional groups attached to an aromatic ring is 1. The molecule has 0 saturated carbocycles. The molecular formula is C13H12ClN3O2S. The molecule has 0 aliphatic heterocycles. The zero-order valence-electron chi connectivity index (χ0n) is 10.4. The molecule has 7 heteroatoms. The van der Waals surface area contributed by atoms with Crippen LogP contribution in [0.4, 0.5) is 11.4 Å². The molecule has 0 aromatic heterocycles. The van der Waals surface area contributed by atoms with E-state index in [-0.39, 0.29) is 5.69 Å². The summed E-state index contributed by atoms with van der Waals surface area (Å²) in [6.45, 7) is 0. The van der Waals surface area contributed by atoms with Gasteiger partial charge in [0.15, 0.2) is 0 Å². The molecule has 5 nitrogen and oxygen atoms in total. The number of rotatable bonds is 5. The predicted octanol–water partition coefficient (Wildman–Crippen LogP) is 3.83. The average molecular weight is 310 g/mol. The van der Waals surface area contributed by atoms with E-state index in [9.17, 15) is 10.1 Å². The Balaban J connectivity index is 2.10. The summed E-state index contributed by atoms with van der Waals surface area (Å²) >= 11 is 7.44. The number of anilines is 1. The van der Waals surface area contributed by atoms with Crippen molar-refractivity contribution in [3.8, 4) is 0 Å². The van der Waals surface area contributed by atoms with Crippen molar-refractivity contribution in [1.82, 2.24) is 0 Å². The molecule has 20 heavy (non-hydrogen) atoms. The van der Waals surface area contributed by atoms with Crippen LogP contribution in [0.2, 0.25) is 5.02 Å². The van der Waals surface area contributed by atoms with E-state index in [1.54, 1.807) is 23.9 Å². The third-order valence-electron chi connectivity index (χ3n) is 2.63. The van der Waals surface area contributed by atoms with E-state index in [0.29, 0.717) is 16.5 Å². The monoisotopic (exact) mass is 309 g/mol. The van der Waals surface area contributed by atoms with Gasteiger partial charge in [0.1, 0.15) is 5.69 Å². The lowest BCUT2D eigenvalue weighted by Crippen LogP contribution is -2.09. The molecular weight excluding hydrogens is 298 g/mol. The third kappa shape index (κ3) is 3.63. The molecule has 2 rings (SSSR count). The normalized spacial score (nSPS) is 10.3.